The lowest BCUT2D eigenvalue weighted by atomic mass is 10.1. The normalized spacial score (nSPS) is 12.0. The zero-order chi connectivity index (χ0) is 24.7. The molecule has 0 aromatic heterocycles. The summed E-state index contributed by atoms with van der Waals surface area (Å²) >= 11 is 0. The van der Waals surface area contributed by atoms with E-state index in [1.54, 1.807) is 0 Å². The van der Waals surface area contributed by atoms with Crippen molar-refractivity contribution >= 4 is 42.8 Å². The lowest BCUT2D eigenvalue weighted by Crippen LogP contribution is -2.52. The predicted molar refractivity (Wildman–Crippen MR) is 159 cm³/mol. The van der Waals surface area contributed by atoms with Gasteiger partial charge in [0.1, 0.15) is 8.07 Å². The van der Waals surface area contributed by atoms with Gasteiger partial charge in [-0.3, -0.25) is 0 Å². The Balaban J connectivity index is 1.43. The molecule has 1 heteroatoms. The van der Waals surface area contributed by atoms with Crippen LogP contribution in [0.5, 0.6) is 0 Å². The zero-order valence-corrected chi connectivity index (χ0v) is 22.5. The molecule has 0 amide bonds. The van der Waals surface area contributed by atoms with Gasteiger partial charge in [0.15, 0.2) is 0 Å². The molecule has 0 aliphatic carbocycles. The van der Waals surface area contributed by atoms with E-state index < -0.39 is 8.07 Å². The number of hydrogen-bond acceptors (Lipinski definition) is 0. The van der Waals surface area contributed by atoms with E-state index in [1.165, 1.54) is 43.8 Å². The standard InChI is InChI=1S/C34H36Si/c1-5-27-7-11-29(12-8-27)15-17-31-19-23-33(24-20-31)35(3,4)34-25-21-32(22-26-34)18-16-30-13-9-28(6-2)10-14-30/h7-26H,5-6H2,1-4H3/b17-15+,18-16+. The molecule has 4 rings (SSSR count). The Kier molecular flexibility index (Phi) is 8.00. The van der Waals surface area contributed by atoms with Crippen LogP contribution in [0.25, 0.3) is 24.3 Å². The van der Waals surface area contributed by atoms with E-state index in [0.29, 0.717) is 0 Å². The van der Waals surface area contributed by atoms with E-state index in [-0.39, 0.29) is 0 Å². The fraction of sp³-hybridized carbons (Fsp3) is 0.176. The van der Waals surface area contributed by atoms with E-state index in [2.05, 4.69) is 148 Å². The van der Waals surface area contributed by atoms with Crippen LogP contribution < -0.4 is 10.4 Å². The average Bonchev–Trinajstić information content (AvgIpc) is 2.92. The van der Waals surface area contributed by atoms with Crippen molar-refractivity contribution in [3.05, 3.63) is 130 Å². The van der Waals surface area contributed by atoms with Crippen molar-refractivity contribution in [3.8, 4) is 0 Å². The molecule has 35 heavy (non-hydrogen) atoms. The molecule has 4 aromatic rings. The topological polar surface area (TPSA) is 0 Å². The molecule has 0 N–H and O–H groups in total. The molecule has 0 atom stereocenters. The first kappa shape index (κ1) is 24.7. The minimum Gasteiger partial charge on any atom is -0.0620 e. The van der Waals surface area contributed by atoms with Crippen LogP contribution in [0.4, 0.5) is 0 Å². The third-order valence-corrected chi connectivity index (χ3v) is 10.5. The van der Waals surface area contributed by atoms with Crippen molar-refractivity contribution in [1.82, 2.24) is 0 Å². The maximum atomic E-state index is 2.44. The summed E-state index contributed by atoms with van der Waals surface area (Å²) in [7, 11) is -1.74. The van der Waals surface area contributed by atoms with Gasteiger partial charge in [0.25, 0.3) is 0 Å². The van der Waals surface area contributed by atoms with Gasteiger partial charge >= 0.3 is 0 Å². The van der Waals surface area contributed by atoms with Gasteiger partial charge in [0, 0.05) is 0 Å². The summed E-state index contributed by atoms with van der Waals surface area (Å²) < 4.78 is 0. The summed E-state index contributed by atoms with van der Waals surface area (Å²) in [6, 6.07) is 35.9. The second-order valence-corrected chi connectivity index (χ2v) is 14.1. The van der Waals surface area contributed by atoms with Gasteiger partial charge in [-0.25, -0.2) is 0 Å². The zero-order valence-electron chi connectivity index (χ0n) is 21.5. The molecule has 176 valence electrons. The fourth-order valence-corrected chi connectivity index (χ4v) is 6.64. The van der Waals surface area contributed by atoms with E-state index in [0.717, 1.165) is 12.8 Å². The Morgan fingerprint density at radius 2 is 0.686 bits per heavy atom. The summed E-state index contributed by atoms with van der Waals surface area (Å²) in [5, 5.41) is 2.92. The van der Waals surface area contributed by atoms with E-state index in [9.17, 15) is 0 Å². The lowest BCUT2D eigenvalue weighted by Gasteiger charge is -2.24. The third kappa shape index (κ3) is 6.38. The molecule has 0 aliphatic heterocycles. The molecule has 0 unspecified atom stereocenters. The van der Waals surface area contributed by atoms with Crippen LogP contribution in [0, 0.1) is 0 Å². The highest BCUT2D eigenvalue weighted by Crippen LogP contribution is 2.13. The smallest absolute Gasteiger partial charge is 0.0620 e. The van der Waals surface area contributed by atoms with Crippen LogP contribution in [0.15, 0.2) is 97.1 Å². The van der Waals surface area contributed by atoms with E-state index in [4.69, 9.17) is 0 Å². The van der Waals surface area contributed by atoms with Gasteiger partial charge in [-0.1, -0.05) is 159 Å². The molecule has 0 aliphatic rings. The second kappa shape index (κ2) is 11.3. The van der Waals surface area contributed by atoms with Crippen molar-refractivity contribution in [2.45, 2.75) is 39.8 Å². The number of rotatable bonds is 8. The van der Waals surface area contributed by atoms with Crippen molar-refractivity contribution in [1.29, 1.82) is 0 Å². The summed E-state index contributed by atoms with van der Waals surface area (Å²) in [5.74, 6) is 0. The molecule has 0 saturated carbocycles. The van der Waals surface area contributed by atoms with Crippen LogP contribution in [0.2, 0.25) is 13.1 Å². The summed E-state index contributed by atoms with van der Waals surface area (Å²) in [5.41, 5.74) is 7.73. The fourth-order valence-electron chi connectivity index (χ4n) is 4.30. The maximum Gasteiger partial charge on any atom is 0.112 e. The molecule has 0 heterocycles. The molecule has 0 fully saturated rings. The summed E-state index contributed by atoms with van der Waals surface area (Å²) in [4.78, 5) is 0. The molecule has 0 bridgehead atoms. The van der Waals surface area contributed by atoms with Gasteiger partial charge in [-0.15, -0.1) is 0 Å². The Bertz CT molecular complexity index is 1170. The lowest BCUT2D eigenvalue weighted by molar-refractivity contribution is 1.14. The minimum atomic E-state index is -1.74. The summed E-state index contributed by atoms with van der Waals surface area (Å²) in [6.45, 7) is 9.26. The van der Waals surface area contributed by atoms with Gasteiger partial charge in [-0.2, -0.15) is 0 Å². The van der Waals surface area contributed by atoms with Gasteiger partial charge in [0.05, 0.1) is 0 Å². The minimum absolute atomic E-state index is 1.08. The first-order chi connectivity index (χ1) is 17.0. The first-order valence-electron chi connectivity index (χ1n) is 12.7. The highest BCUT2D eigenvalue weighted by molar-refractivity contribution is 7.00. The maximum absolute atomic E-state index is 2.44. The molecule has 0 spiro atoms. The number of aryl methyl sites for hydroxylation is 2. The number of benzene rings is 4. The predicted octanol–water partition coefficient (Wildman–Crippen LogP) is 7.97. The summed E-state index contributed by atoms with van der Waals surface area (Å²) in [6.07, 6.45) is 11.0. The highest BCUT2D eigenvalue weighted by atomic mass is 28.3. The molecule has 4 aromatic carbocycles. The third-order valence-electron chi connectivity index (χ3n) is 6.98. The average molecular weight is 473 g/mol. The Morgan fingerprint density at radius 1 is 0.429 bits per heavy atom. The highest BCUT2D eigenvalue weighted by Gasteiger charge is 2.25. The number of hydrogen-bond donors (Lipinski definition) is 0. The van der Waals surface area contributed by atoms with Crippen LogP contribution in [0.1, 0.15) is 47.2 Å². The molecule has 0 radical (unpaired) electrons. The van der Waals surface area contributed by atoms with Crippen LogP contribution in [-0.2, 0) is 12.8 Å². The van der Waals surface area contributed by atoms with Crippen molar-refractivity contribution in [2.24, 2.45) is 0 Å². The van der Waals surface area contributed by atoms with Gasteiger partial charge < -0.3 is 0 Å². The Morgan fingerprint density at radius 3 is 0.943 bits per heavy atom. The van der Waals surface area contributed by atoms with Crippen LogP contribution in [0.3, 0.4) is 0 Å². The van der Waals surface area contributed by atoms with Gasteiger partial charge in [0.2, 0.25) is 0 Å². The Labute approximate surface area is 212 Å². The molecule has 0 saturated heterocycles. The van der Waals surface area contributed by atoms with Crippen LogP contribution in [-0.4, -0.2) is 8.07 Å². The molecular formula is C34H36Si. The van der Waals surface area contributed by atoms with Crippen LogP contribution >= 0.6 is 0 Å². The van der Waals surface area contributed by atoms with E-state index >= 15 is 0 Å². The second-order valence-electron chi connectivity index (χ2n) is 9.73. The van der Waals surface area contributed by atoms with Crippen molar-refractivity contribution in [3.63, 3.8) is 0 Å². The largest absolute Gasteiger partial charge is 0.112 e. The Hall–Kier alpha value is -3.42. The van der Waals surface area contributed by atoms with Crippen molar-refractivity contribution in [2.75, 3.05) is 0 Å². The van der Waals surface area contributed by atoms with E-state index in [1.807, 2.05) is 0 Å². The van der Waals surface area contributed by atoms with Crippen molar-refractivity contribution < 1.29 is 0 Å². The first-order valence-corrected chi connectivity index (χ1v) is 15.7. The monoisotopic (exact) mass is 472 g/mol. The SMILES string of the molecule is CCc1ccc(/C=C/c2ccc([Si](C)(C)c3ccc(/C=C/c4ccc(CC)cc4)cc3)cc2)cc1. The molecular weight excluding hydrogens is 436 g/mol. The quantitative estimate of drug-likeness (QED) is 0.180. The molecule has 0 nitrogen and oxygen atoms in total. The van der Waals surface area contributed by atoms with Gasteiger partial charge in [-0.05, 0) is 46.2 Å².